The van der Waals surface area contributed by atoms with Crippen molar-refractivity contribution in [3.63, 3.8) is 0 Å². The first-order valence-electron chi connectivity index (χ1n) is 6.16. The summed E-state index contributed by atoms with van der Waals surface area (Å²) >= 11 is 0. The molecule has 1 amide bonds. The molecule has 0 bridgehead atoms. The van der Waals surface area contributed by atoms with E-state index >= 15 is 0 Å². The Labute approximate surface area is 113 Å². The van der Waals surface area contributed by atoms with Crippen LogP contribution >= 0.6 is 0 Å². The number of anilines is 1. The summed E-state index contributed by atoms with van der Waals surface area (Å²) in [5.41, 5.74) is 0.827. The molecule has 0 N–H and O–H groups in total. The molecule has 5 heteroatoms. The Morgan fingerprint density at radius 1 is 1.11 bits per heavy atom. The molecular weight excluding hydrogens is 246 g/mol. The van der Waals surface area contributed by atoms with Gasteiger partial charge in [0.25, 0.3) is 0 Å². The summed E-state index contributed by atoms with van der Waals surface area (Å²) in [7, 11) is 4.77. The number of β-lactam (4-membered cyclic amide) rings is 1. The van der Waals surface area contributed by atoms with Crippen LogP contribution < -0.4 is 9.64 Å². The Morgan fingerprint density at radius 3 is 2.16 bits per heavy atom. The molecule has 1 fully saturated rings. The standard InChI is InChI=1S/C14H19NO4/c1-9-12(14(18-3)19-4)15(13(9)16)10-5-7-11(17-2)8-6-10/h5-9,12,14H,1-4H3. The number of hydrogen-bond donors (Lipinski definition) is 0. The molecule has 1 aromatic carbocycles. The maximum atomic E-state index is 12.0. The van der Waals surface area contributed by atoms with E-state index in [0.717, 1.165) is 11.4 Å². The van der Waals surface area contributed by atoms with E-state index in [2.05, 4.69) is 0 Å². The van der Waals surface area contributed by atoms with Gasteiger partial charge in [0.05, 0.1) is 19.1 Å². The third kappa shape index (κ3) is 2.31. The average Bonchev–Trinajstić information content (AvgIpc) is 2.47. The molecule has 2 atom stereocenters. The minimum Gasteiger partial charge on any atom is -0.497 e. The summed E-state index contributed by atoms with van der Waals surface area (Å²) in [6.07, 6.45) is -0.421. The van der Waals surface area contributed by atoms with E-state index in [1.165, 1.54) is 0 Å². The van der Waals surface area contributed by atoms with Crippen molar-refractivity contribution >= 4 is 11.6 Å². The maximum absolute atomic E-state index is 12.0. The topological polar surface area (TPSA) is 48.0 Å². The summed E-state index contributed by atoms with van der Waals surface area (Å²) < 4.78 is 15.7. The first-order chi connectivity index (χ1) is 9.13. The molecule has 1 aliphatic rings. The third-order valence-corrected chi connectivity index (χ3v) is 3.53. The smallest absolute Gasteiger partial charge is 0.232 e. The Hall–Kier alpha value is -1.59. The fourth-order valence-electron chi connectivity index (χ4n) is 2.43. The number of benzene rings is 1. The highest BCUT2D eigenvalue weighted by Gasteiger charge is 2.49. The van der Waals surface area contributed by atoms with Gasteiger partial charge >= 0.3 is 0 Å². The zero-order valence-electron chi connectivity index (χ0n) is 11.6. The van der Waals surface area contributed by atoms with Crippen molar-refractivity contribution in [3.05, 3.63) is 24.3 Å². The van der Waals surface area contributed by atoms with Crippen LogP contribution in [-0.2, 0) is 14.3 Å². The van der Waals surface area contributed by atoms with Crippen molar-refractivity contribution in [2.45, 2.75) is 19.3 Å². The summed E-state index contributed by atoms with van der Waals surface area (Å²) in [6.45, 7) is 1.89. The van der Waals surface area contributed by atoms with E-state index in [1.807, 2.05) is 31.2 Å². The second-order valence-electron chi connectivity index (χ2n) is 4.53. The van der Waals surface area contributed by atoms with Crippen molar-refractivity contribution in [2.24, 2.45) is 5.92 Å². The van der Waals surface area contributed by atoms with E-state index in [4.69, 9.17) is 14.2 Å². The van der Waals surface area contributed by atoms with Crippen molar-refractivity contribution in [2.75, 3.05) is 26.2 Å². The Morgan fingerprint density at radius 2 is 1.68 bits per heavy atom. The molecule has 19 heavy (non-hydrogen) atoms. The van der Waals surface area contributed by atoms with Crippen molar-refractivity contribution < 1.29 is 19.0 Å². The van der Waals surface area contributed by atoms with Gasteiger partial charge in [0.1, 0.15) is 5.75 Å². The highest BCUT2D eigenvalue weighted by atomic mass is 16.7. The molecule has 1 saturated heterocycles. The Balaban J connectivity index is 2.23. The van der Waals surface area contributed by atoms with E-state index < -0.39 is 6.29 Å². The van der Waals surface area contributed by atoms with Gasteiger partial charge in [0, 0.05) is 19.9 Å². The Kier molecular flexibility index (Phi) is 4.07. The Bertz CT molecular complexity index is 441. The number of hydrogen-bond acceptors (Lipinski definition) is 4. The highest BCUT2D eigenvalue weighted by Crippen LogP contribution is 2.35. The number of ether oxygens (including phenoxy) is 3. The van der Waals surface area contributed by atoms with Crippen LogP contribution in [0.25, 0.3) is 0 Å². The molecule has 0 aromatic heterocycles. The van der Waals surface area contributed by atoms with Crippen LogP contribution in [0, 0.1) is 5.92 Å². The van der Waals surface area contributed by atoms with Crippen LogP contribution in [0.3, 0.4) is 0 Å². The van der Waals surface area contributed by atoms with Crippen LogP contribution in [0.5, 0.6) is 5.75 Å². The molecule has 0 saturated carbocycles. The number of rotatable bonds is 5. The second kappa shape index (κ2) is 5.59. The summed E-state index contributed by atoms with van der Waals surface area (Å²) in [5.74, 6) is 0.734. The van der Waals surface area contributed by atoms with E-state index in [0.29, 0.717) is 0 Å². The van der Waals surface area contributed by atoms with Crippen molar-refractivity contribution in [1.29, 1.82) is 0 Å². The summed E-state index contributed by atoms with van der Waals surface area (Å²) in [5, 5.41) is 0. The number of amides is 1. The second-order valence-corrected chi connectivity index (χ2v) is 4.53. The van der Waals surface area contributed by atoms with Crippen LogP contribution in [0.1, 0.15) is 6.92 Å². The predicted molar refractivity (Wildman–Crippen MR) is 71.2 cm³/mol. The molecular formula is C14H19NO4. The fraction of sp³-hybridized carbons (Fsp3) is 0.500. The van der Waals surface area contributed by atoms with E-state index in [-0.39, 0.29) is 17.9 Å². The lowest BCUT2D eigenvalue weighted by atomic mass is 9.87. The van der Waals surface area contributed by atoms with E-state index in [9.17, 15) is 4.79 Å². The lowest BCUT2D eigenvalue weighted by Crippen LogP contribution is -2.65. The van der Waals surface area contributed by atoms with Crippen LogP contribution in [0.4, 0.5) is 5.69 Å². The van der Waals surface area contributed by atoms with Gasteiger partial charge in [0.2, 0.25) is 5.91 Å². The minimum atomic E-state index is -0.421. The maximum Gasteiger partial charge on any atom is 0.232 e. The highest BCUT2D eigenvalue weighted by molar-refractivity contribution is 6.02. The van der Waals surface area contributed by atoms with Crippen molar-refractivity contribution in [1.82, 2.24) is 0 Å². The average molecular weight is 265 g/mol. The molecule has 104 valence electrons. The summed E-state index contributed by atoms with van der Waals surface area (Å²) in [4.78, 5) is 13.8. The fourth-order valence-corrected chi connectivity index (χ4v) is 2.43. The van der Waals surface area contributed by atoms with Gasteiger partial charge in [-0.3, -0.25) is 4.79 Å². The quantitative estimate of drug-likeness (QED) is 0.600. The van der Waals surface area contributed by atoms with Gasteiger partial charge in [0.15, 0.2) is 6.29 Å². The number of nitrogens with zero attached hydrogens (tertiary/aromatic N) is 1. The van der Waals surface area contributed by atoms with Crippen molar-refractivity contribution in [3.8, 4) is 5.75 Å². The molecule has 0 aliphatic carbocycles. The molecule has 1 aromatic rings. The number of carbonyl (C=O) groups is 1. The van der Waals surface area contributed by atoms with Crippen LogP contribution in [0.15, 0.2) is 24.3 Å². The molecule has 0 spiro atoms. The molecule has 2 unspecified atom stereocenters. The van der Waals surface area contributed by atoms with Gasteiger partial charge < -0.3 is 19.1 Å². The van der Waals surface area contributed by atoms with Crippen LogP contribution in [-0.4, -0.2) is 39.6 Å². The van der Waals surface area contributed by atoms with Gasteiger partial charge in [-0.05, 0) is 24.3 Å². The van der Waals surface area contributed by atoms with E-state index in [1.54, 1.807) is 26.2 Å². The molecule has 5 nitrogen and oxygen atoms in total. The first-order valence-corrected chi connectivity index (χ1v) is 6.16. The zero-order chi connectivity index (χ0) is 14.0. The third-order valence-electron chi connectivity index (χ3n) is 3.53. The molecule has 0 radical (unpaired) electrons. The predicted octanol–water partition coefficient (Wildman–Crippen LogP) is 1.67. The minimum absolute atomic E-state index is 0.0780. The lowest BCUT2D eigenvalue weighted by molar-refractivity contribution is -0.158. The number of methoxy groups -OCH3 is 3. The SMILES string of the molecule is COc1ccc(N2C(=O)C(C)C2C(OC)OC)cc1. The normalized spacial score (nSPS) is 22.6. The molecule has 2 rings (SSSR count). The molecule has 1 heterocycles. The van der Waals surface area contributed by atoms with Gasteiger partial charge in [-0.2, -0.15) is 0 Å². The summed E-state index contributed by atoms with van der Waals surface area (Å²) in [6, 6.07) is 7.28. The van der Waals surface area contributed by atoms with Crippen LogP contribution in [0.2, 0.25) is 0 Å². The largest absolute Gasteiger partial charge is 0.497 e. The lowest BCUT2D eigenvalue weighted by Gasteiger charge is -2.48. The number of carbonyl (C=O) groups excluding carboxylic acids is 1. The molecule has 1 aliphatic heterocycles. The van der Waals surface area contributed by atoms with Gasteiger partial charge in [-0.15, -0.1) is 0 Å². The van der Waals surface area contributed by atoms with Gasteiger partial charge in [-0.25, -0.2) is 0 Å². The van der Waals surface area contributed by atoms with Gasteiger partial charge in [-0.1, -0.05) is 6.92 Å². The zero-order valence-corrected chi connectivity index (χ0v) is 11.6. The monoisotopic (exact) mass is 265 g/mol. The first kappa shape index (κ1) is 13.8.